The number of piperidine rings is 1. The fourth-order valence-corrected chi connectivity index (χ4v) is 4.02. The SMILES string of the molecule is CC.Nc1ncnc2c1c(-c1ccc(Oc3ccccc3)cc1)cn2C1CCNCC1. The van der Waals surface area contributed by atoms with Crippen molar-refractivity contribution in [2.75, 3.05) is 18.8 Å². The molecule has 0 bridgehead atoms. The highest BCUT2D eigenvalue weighted by Gasteiger charge is 2.21. The predicted octanol–water partition coefficient (Wildman–Crippen LogP) is 5.42. The monoisotopic (exact) mass is 415 g/mol. The second-order valence-electron chi connectivity index (χ2n) is 7.33. The summed E-state index contributed by atoms with van der Waals surface area (Å²) >= 11 is 0. The maximum absolute atomic E-state index is 6.27. The van der Waals surface area contributed by atoms with Gasteiger partial charge in [-0.15, -0.1) is 0 Å². The Bertz CT molecular complexity index is 1120. The van der Waals surface area contributed by atoms with Crippen molar-refractivity contribution in [1.29, 1.82) is 0 Å². The Morgan fingerprint density at radius 3 is 2.32 bits per heavy atom. The van der Waals surface area contributed by atoms with Crippen LogP contribution in [0.4, 0.5) is 5.82 Å². The number of rotatable bonds is 4. The highest BCUT2D eigenvalue weighted by Crippen LogP contribution is 2.36. The molecular weight excluding hydrogens is 386 g/mol. The first-order valence-corrected chi connectivity index (χ1v) is 10.9. The standard InChI is InChI=1S/C23H23N5O.C2H6/c24-22-21-20(14-28(23(21)27-15-26-22)17-10-12-25-13-11-17)16-6-8-19(9-7-16)29-18-4-2-1-3-5-18;1-2/h1-9,14-15,17,25H,10-13H2,(H2,24,26,27);1-2H3. The van der Waals surface area contributed by atoms with E-state index in [1.54, 1.807) is 6.33 Å². The zero-order chi connectivity index (χ0) is 21.6. The topological polar surface area (TPSA) is 78.0 Å². The molecule has 0 atom stereocenters. The molecule has 0 spiro atoms. The minimum Gasteiger partial charge on any atom is -0.457 e. The van der Waals surface area contributed by atoms with E-state index in [-0.39, 0.29) is 0 Å². The van der Waals surface area contributed by atoms with Crippen LogP contribution >= 0.6 is 0 Å². The number of hydrogen-bond acceptors (Lipinski definition) is 5. The molecular formula is C25H29N5O. The molecule has 0 radical (unpaired) electrons. The third kappa shape index (κ3) is 4.39. The second-order valence-corrected chi connectivity index (χ2v) is 7.33. The van der Waals surface area contributed by atoms with Crippen molar-refractivity contribution in [2.45, 2.75) is 32.7 Å². The van der Waals surface area contributed by atoms with Crippen molar-refractivity contribution in [1.82, 2.24) is 19.9 Å². The summed E-state index contributed by atoms with van der Waals surface area (Å²) in [4.78, 5) is 8.81. The van der Waals surface area contributed by atoms with Crippen LogP contribution in [0, 0.1) is 0 Å². The van der Waals surface area contributed by atoms with Gasteiger partial charge in [-0.25, -0.2) is 9.97 Å². The van der Waals surface area contributed by atoms with E-state index in [0.29, 0.717) is 11.9 Å². The molecule has 1 fully saturated rings. The Balaban J connectivity index is 0.00000112. The highest BCUT2D eigenvalue weighted by molar-refractivity contribution is 6.00. The summed E-state index contributed by atoms with van der Waals surface area (Å²) in [6.07, 6.45) is 5.89. The van der Waals surface area contributed by atoms with Crippen molar-refractivity contribution < 1.29 is 4.74 Å². The molecule has 1 aliphatic rings. The third-order valence-corrected chi connectivity index (χ3v) is 5.48. The number of benzene rings is 2. The Labute approximate surface area is 183 Å². The average Bonchev–Trinajstić information content (AvgIpc) is 3.23. The summed E-state index contributed by atoms with van der Waals surface area (Å²) < 4.78 is 8.19. The van der Waals surface area contributed by atoms with Crippen molar-refractivity contribution in [3.05, 3.63) is 67.1 Å². The number of hydrogen-bond donors (Lipinski definition) is 2. The van der Waals surface area contributed by atoms with Crippen LogP contribution in [0.25, 0.3) is 22.2 Å². The van der Waals surface area contributed by atoms with Gasteiger partial charge in [-0.1, -0.05) is 44.2 Å². The van der Waals surface area contributed by atoms with Gasteiger partial charge in [-0.2, -0.15) is 0 Å². The largest absolute Gasteiger partial charge is 0.457 e. The van der Waals surface area contributed by atoms with Crippen molar-refractivity contribution in [3.8, 4) is 22.6 Å². The zero-order valence-corrected chi connectivity index (χ0v) is 18.1. The van der Waals surface area contributed by atoms with E-state index in [2.05, 4.69) is 38.2 Å². The number of nitrogens with two attached hydrogens (primary N) is 1. The molecule has 31 heavy (non-hydrogen) atoms. The van der Waals surface area contributed by atoms with Crippen LogP contribution in [0.3, 0.4) is 0 Å². The lowest BCUT2D eigenvalue weighted by atomic mass is 10.1. The molecule has 2 aromatic heterocycles. The summed E-state index contributed by atoms with van der Waals surface area (Å²) in [6.45, 7) is 6.04. The number of nitrogens with zero attached hydrogens (tertiary/aromatic N) is 3. The van der Waals surface area contributed by atoms with Crippen LogP contribution in [0.5, 0.6) is 11.5 Å². The number of nitrogen functional groups attached to an aromatic ring is 1. The summed E-state index contributed by atoms with van der Waals surface area (Å²) in [5.74, 6) is 2.13. The maximum atomic E-state index is 6.27. The number of fused-ring (bicyclic) bond motifs is 1. The quantitative estimate of drug-likeness (QED) is 0.465. The normalized spacial score (nSPS) is 14.1. The van der Waals surface area contributed by atoms with E-state index in [9.17, 15) is 0 Å². The van der Waals surface area contributed by atoms with Crippen LogP contribution in [0.15, 0.2) is 67.1 Å². The molecule has 2 aromatic carbocycles. The van der Waals surface area contributed by atoms with Gasteiger partial charge in [0, 0.05) is 17.8 Å². The molecule has 1 saturated heterocycles. The Morgan fingerprint density at radius 2 is 1.61 bits per heavy atom. The van der Waals surface area contributed by atoms with E-state index in [4.69, 9.17) is 10.5 Å². The molecule has 3 N–H and O–H groups in total. The van der Waals surface area contributed by atoms with Gasteiger partial charge in [0.25, 0.3) is 0 Å². The van der Waals surface area contributed by atoms with Gasteiger partial charge in [0.2, 0.25) is 0 Å². The zero-order valence-electron chi connectivity index (χ0n) is 18.1. The first-order chi connectivity index (χ1) is 15.3. The number of nitrogens with one attached hydrogen (secondary N) is 1. The highest BCUT2D eigenvalue weighted by atomic mass is 16.5. The van der Waals surface area contributed by atoms with Crippen molar-refractivity contribution in [2.24, 2.45) is 0 Å². The lowest BCUT2D eigenvalue weighted by molar-refractivity contribution is 0.375. The summed E-state index contributed by atoms with van der Waals surface area (Å²) in [6, 6.07) is 18.3. The molecule has 4 aromatic rings. The Morgan fingerprint density at radius 1 is 0.935 bits per heavy atom. The van der Waals surface area contributed by atoms with Crippen LogP contribution in [-0.4, -0.2) is 27.6 Å². The minimum atomic E-state index is 0.419. The molecule has 0 aliphatic carbocycles. The molecule has 0 unspecified atom stereocenters. The number of ether oxygens (including phenoxy) is 1. The molecule has 6 nitrogen and oxygen atoms in total. The van der Waals surface area contributed by atoms with Gasteiger partial charge >= 0.3 is 0 Å². The Kier molecular flexibility index (Phi) is 6.48. The Hall–Kier alpha value is -3.38. The predicted molar refractivity (Wildman–Crippen MR) is 126 cm³/mol. The van der Waals surface area contributed by atoms with E-state index < -0.39 is 0 Å². The van der Waals surface area contributed by atoms with Gasteiger partial charge in [0.05, 0.1) is 5.39 Å². The van der Waals surface area contributed by atoms with Gasteiger partial charge in [0.1, 0.15) is 29.3 Å². The lowest BCUT2D eigenvalue weighted by Gasteiger charge is -2.24. The lowest BCUT2D eigenvalue weighted by Crippen LogP contribution is -2.29. The summed E-state index contributed by atoms with van der Waals surface area (Å²) in [5, 5.41) is 4.34. The van der Waals surface area contributed by atoms with E-state index in [1.807, 2.05) is 56.3 Å². The van der Waals surface area contributed by atoms with Crippen molar-refractivity contribution in [3.63, 3.8) is 0 Å². The van der Waals surface area contributed by atoms with Crippen LogP contribution in [-0.2, 0) is 0 Å². The maximum Gasteiger partial charge on any atom is 0.146 e. The van der Waals surface area contributed by atoms with Crippen LogP contribution in [0.1, 0.15) is 32.7 Å². The number of anilines is 1. The van der Waals surface area contributed by atoms with E-state index in [0.717, 1.165) is 59.6 Å². The number of para-hydroxylation sites is 1. The smallest absolute Gasteiger partial charge is 0.146 e. The van der Waals surface area contributed by atoms with Gasteiger partial charge < -0.3 is 20.4 Å². The molecule has 1 aliphatic heterocycles. The van der Waals surface area contributed by atoms with E-state index >= 15 is 0 Å². The molecule has 3 heterocycles. The summed E-state index contributed by atoms with van der Waals surface area (Å²) in [7, 11) is 0. The van der Waals surface area contributed by atoms with Crippen LogP contribution < -0.4 is 15.8 Å². The molecule has 160 valence electrons. The number of aromatic nitrogens is 3. The van der Waals surface area contributed by atoms with Crippen molar-refractivity contribution >= 4 is 16.9 Å². The summed E-state index contributed by atoms with van der Waals surface area (Å²) in [5.41, 5.74) is 9.31. The van der Waals surface area contributed by atoms with E-state index in [1.165, 1.54) is 0 Å². The third-order valence-electron chi connectivity index (χ3n) is 5.48. The first-order valence-electron chi connectivity index (χ1n) is 10.9. The fraction of sp³-hybridized carbons (Fsp3) is 0.280. The van der Waals surface area contributed by atoms with Gasteiger partial charge in [-0.05, 0) is 55.8 Å². The van der Waals surface area contributed by atoms with Crippen LogP contribution in [0.2, 0.25) is 0 Å². The average molecular weight is 416 g/mol. The first kappa shape index (κ1) is 20.9. The molecule has 0 saturated carbocycles. The second kappa shape index (κ2) is 9.62. The van der Waals surface area contributed by atoms with Gasteiger partial charge in [0.15, 0.2) is 0 Å². The molecule has 5 rings (SSSR count). The fourth-order valence-electron chi connectivity index (χ4n) is 4.02. The van der Waals surface area contributed by atoms with Gasteiger partial charge in [-0.3, -0.25) is 0 Å². The molecule has 6 heteroatoms. The molecule has 0 amide bonds. The minimum absolute atomic E-state index is 0.419.